The number of phenols is 1. The molecule has 2 aromatic carbocycles. The van der Waals surface area contributed by atoms with Crippen LogP contribution in [0.15, 0.2) is 46.0 Å². The first-order valence-corrected chi connectivity index (χ1v) is 9.02. The number of anilines is 1. The third-order valence-electron chi connectivity index (χ3n) is 3.49. The molecule has 8 heteroatoms. The summed E-state index contributed by atoms with van der Waals surface area (Å²) >= 11 is 3.23. The van der Waals surface area contributed by atoms with Gasteiger partial charge in [-0.25, -0.2) is 5.43 Å². The predicted molar refractivity (Wildman–Crippen MR) is 107 cm³/mol. The molecule has 0 aliphatic carbocycles. The number of amides is 2. The van der Waals surface area contributed by atoms with Gasteiger partial charge >= 0.3 is 0 Å². The molecule has 0 spiro atoms. The molecule has 0 heterocycles. The summed E-state index contributed by atoms with van der Waals surface area (Å²) in [5, 5.41) is 16.4. The van der Waals surface area contributed by atoms with Gasteiger partial charge in [-0.05, 0) is 59.1 Å². The Morgan fingerprint density at radius 2 is 2.00 bits per heavy atom. The molecule has 142 valence electrons. The molecular weight excluding hydrogens is 414 g/mol. The Hall–Kier alpha value is -2.87. The van der Waals surface area contributed by atoms with Gasteiger partial charge in [0.25, 0.3) is 0 Å². The van der Waals surface area contributed by atoms with Crippen LogP contribution in [0.5, 0.6) is 11.5 Å². The van der Waals surface area contributed by atoms with E-state index in [1.165, 1.54) is 6.21 Å². The molecule has 7 nitrogen and oxygen atoms in total. The van der Waals surface area contributed by atoms with E-state index < -0.39 is 11.8 Å². The van der Waals surface area contributed by atoms with Crippen LogP contribution in [0, 0.1) is 6.92 Å². The summed E-state index contributed by atoms with van der Waals surface area (Å²) in [5.74, 6) is -0.675. The van der Waals surface area contributed by atoms with Crippen LogP contribution in [0.1, 0.15) is 24.5 Å². The fourth-order valence-corrected chi connectivity index (χ4v) is 2.67. The minimum Gasteiger partial charge on any atom is -0.503 e. The molecular formula is C19H20BrN3O4. The van der Waals surface area contributed by atoms with Crippen molar-refractivity contribution in [3.05, 3.63) is 52.0 Å². The number of rotatable bonds is 7. The molecule has 27 heavy (non-hydrogen) atoms. The van der Waals surface area contributed by atoms with Crippen LogP contribution in [0.25, 0.3) is 0 Å². The van der Waals surface area contributed by atoms with Crippen LogP contribution in [-0.4, -0.2) is 29.7 Å². The van der Waals surface area contributed by atoms with Crippen molar-refractivity contribution in [1.29, 1.82) is 0 Å². The Kier molecular flexibility index (Phi) is 7.36. The average Bonchev–Trinajstić information content (AvgIpc) is 2.61. The van der Waals surface area contributed by atoms with Gasteiger partial charge in [0.15, 0.2) is 11.5 Å². The summed E-state index contributed by atoms with van der Waals surface area (Å²) in [6.45, 7) is 4.07. The lowest BCUT2D eigenvalue weighted by Gasteiger charge is -2.08. The van der Waals surface area contributed by atoms with Gasteiger partial charge in [-0.2, -0.15) is 5.10 Å². The van der Waals surface area contributed by atoms with E-state index in [2.05, 4.69) is 31.8 Å². The number of phenolic OH excluding ortho intramolecular Hbond substituents is 1. The molecule has 0 unspecified atom stereocenters. The van der Waals surface area contributed by atoms with Gasteiger partial charge in [-0.3, -0.25) is 9.59 Å². The molecule has 0 radical (unpaired) electrons. The van der Waals surface area contributed by atoms with Gasteiger partial charge in [-0.1, -0.05) is 18.2 Å². The lowest BCUT2D eigenvalue weighted by Crippen LogP contribution is -2.24. The number of carbonyl (C=O) groups excluding carboxylic acids is 2. The van der Waals surface area contributed by atoms with E-state index in [4.69, 9.17) is 4.74 Å². The molecule has 0 aliphatic rings. The van der Waals surface area contributed by atoms with Crippen LogP contribution < -0.4 is 15.5 Å². The number of benzene rings is 2. The van der Waals surface area contributed by atoms with Crippen molar-refractivity contribution in [1.82, 2.24) is 5.43 Å². The molecule has 3 N–H and O–H groups in total. The fourth-order valence-electron chi connectivity index (χ4n) is 2.21. The summed E-state index contributed by atoms with van der Waals surface area (Å²) in [7, 11) is 0. The number of aromatic hydroxyl groups is 1. The molecule has 2 aromatic rings. The standard InChI is InChI=1S/C19H20BrN3O4/c1-3-27-16-9-13(8-14(20)19(16)26)11-21-23-18(25)10-17(24)22-15-7-5-4-6-12(15)2/h4-9,11,26H,3,10H2,1-2H3,(H,22,24)(H,23,25)/b21-11+. The Bertz CT molecular complexity index is 868. The monoisotopic (exact) mass is 433 g/mol. The minimum absolute atomic E-state index is 0.00841. The molecule has 0 bridgehead atoms. The summed E-state index contributed by atoms with van der Waals surface area (Å²) in [6.07, 6.45) is 1.04. The van der Waals surface area contributed by atoms with E-state index in [9.17, 15) is 14.7 Å². The van der Waals surface area contributed by atoms with Crippen LogP contribution in [-0.2, 0) is 9.59 Å². The lowest BCUT2D eigenvalue weighted by molar-refractivity contribution is -0.126. The largest absolute Gasteiger partial charge is 0.503 e. The Morgan fingerprint density at radius 1 is 1.26 bits per heavy atom. The van der Waals surface area contributed by atoms with Gasteiger partial charge in [0.2, 0.25) is 11.8 Å². The maximum atomic E-state index is 11.9. The van der Waals surface area contributed by atoms with Crippen LogP contribution >= 0.6 is 15.9 Å². The maximum Gasteiger partial charge on any atom is 0.249 e. The number of para-hydroxylation sites is 1. The van der Waals surface area contributed by atoms with E-state index in [1.807, 2.05) is 19.1 Å². The second kappa shape index (κ2) is 9.72. The zero-order chi connectivity index (χ0) is 19.8. The number of hydrogen-bond donors (Lipinski definition) is 3. The van der Waals surface area contributed by atoms with Crippen LogP contribution in [0.4, 0.5) is 5.69 Å². The second-order valence-corrected chi connectivity index (χ2v) is 6.47. The topological polar surface area (TPSA) is 100 Å². The van der Waals surface area contributed by atoms with E-state index >= 15 is 0 Å². The third kappa shape index (κ3) is 6.10. The summed E-state index contributed by atoms with van der Waals surface area (Å²) in [4.78, 5) is 23.8. The van der Waals surface area contributed by atoms with Crippen molar-refractivity contribution in [2.75, 3.05) is 11.9 Å². The number of hydrazone groups is 1. The SMILES string of the molecule is CCOc1cc(/C=N/NC(=O)CC(=O)Nc2ccccc2C)cc(Br)c1O. The number of nitrogens with one attached hydrogen (secondary N) is 2. The van der Waals surface area contributed by atoms with Crippen LogP contribution in [0.2, 0.25) is 0 Å². The third-order valence-corrected chi connectivity index (χ3v) is 4.10. The molecule has 0 aromatic heterocycles. The van der Waals surface area contributed by atoms with Gasteiger partial charge in [-0.15, -0.1) is 0 Å². The minimum atomic E-state index is -0.541. The lowest BCUT2D eigenvalue weighted by atomic mass is 10.2. The van der Waals surface area contributed by atoms with Gasteiger partial charge in [0.05, 0.1) is 17.3 Å². The number of halogens is 1. The van der Waals surface area contributed by atoms with Crippen molar-refractivity contribution in [2.24, 2.45) is 5.10 Å². The molecule has 0 atom stereocenters. The second-order valence-electron chi connectivity index (χ2n) is 5.62. The Morgan fingerprint density at radius 3 is 2.70 bits per heavy atom. The number of ether oxygens (including phenoxy) is 1. The van der Waals surface area contributed by atoms with Crippen molar-refractivity contribution < 1.29 is 19.4 Å². The van der Waals surface area contributed by atoms with E-state index in [0.717, 1.165) is 5.56 Å². The molecule has 0 saturated carbocycles. The van der Waals surface area contributed by atoms with Crippen molar-refractivity contribution >= 4 is 39.6 Å². The molecule has 0 fully saturated rings. The quantitative estimate of drug-likeness (QED) is 0.354. The van der Waals surface area contributed by atoms with E-state index in [0.29, 0.717) is 28.1 Å². The summed E-state index contributed by atoms with van der Waals surface area (Å²) < 4.78 is 5.77. The highest BCUT2D eigenvalue weighted by atomic mass is 79.9. The van der Waals surface area contributed by atoms with Crippen LogP contribution in [0.3, 0.4) is 0 Å². The highest BCUT2D eigenvalue weighted by Crippen LogP contribution is 2.35. The number of nitrogens with zero attached hydrogens (tertiary/aromatic N) is 1. The molecule has 2 amide bonds. The zero-order valence-electron chi connectivity index (χ0n) is 15.0. The fraction of sp³-hybridized carbons (Fsp3) is 0.211. The highest BCUT2D eigenvalue weighted by molar-refractivity contribution is 9.10. The maximum absolute atomic E-state index is 11.9. The van der Waals surface area contributed by atoms with E-state index in [-0.39, 0.29) is 12.2 Å². The van der Waals surface area contributed by atoms with Gasteiger partial charge in [0, 0.05) is 5.69 Å². The summed E-state index contributed by atoms with van der Waals surface area (Å²) in [6, 6.07) is 10.5. The first-order chi connectivity index (χ1) is 12.9. The normalized spacial score (nSPS) is 10.6. The first kappa shape index (κ1) is 20.4. The predicted octanol–water partition coefficient (Wildman–Crippen LogP) is 3.34. The summed E-state index contributed by atoms with van der Waals surface area (Å²) in [5.41, 5.74) is 4.48. The number of aryl methyl sites for hydroxylation is 1. The van der Waals surface area contributed by atoms with Crippen molar-refractivity contribution in [3.63, 3.8) is 0 Å². The zero-order valence-corrected chi connectivity index (χ0v) is 16.5. The van der Waals surface area contributed by atoms with Crippen molar-refractivity contribution in [2.45, 2.75) is 20.3 Å². The first-order valence-electron chi connectivity index (χ1n) is 8.23. The van der Waals surface area contributed by atoms with Gasteiger partial charge in [0.1, 0.15) is 6.42 Å². The number of hydrogen-bond acceptors (Lipinski definition) is 5. The Balaban J connectivity index is 1.91. The van der Waals surface area contributed by atoms with Crippen molar-refractivity contribution in [3.8, 4) is 11.5 Å². The Labute approximate surface area is 165 Å². The average molecular weight is 434 g/mol. The number of carbonyl (C=O) groups is 2. The molecule has 0 saturated heterocycles. The smallest absolute Gasteiger partial charge is 0.249 e. The molecule has 0 aliphatic heterocycles. The highest BCUT2D eigenvalue weighted by Gasteiger charge is 2.11. The van der Waals surface area contributed by atoms with E-state index in [1.54, 1.807) is 31.2 Å². The van der Waals surface area contributed by atoms with Gasteiger partial charge < -0.3 is 15.2 Å². The molecule has 2 rings (SSSR count).